The zero-order chi connectivity index (χ0) is 23.8. The first kappa shape index (κ1) is 24.3. The minimum absolute atomic E-state index is 0.116. The number of hydrogen-bond acceptors (Lipinski definition) is 7. The Bertz CT molecular complexity index is 983. The molecule has 0 bridgehead atoms. The van der Waals surface area contributed by atoms with E-state index in [1.807, 2.05) is 44.2 Å². The highest BCUT2D eigenvalue weighted by molar-refractivity contribution is 6.43. The topological polar surface area (TPSA) is 129 Å². The molecule has 2 aromatic rings. The number of oxime groups is 1. The average molecular weight is 453 g/mol. The van der Waals surface area contributed by atoms with Crippen LogP contribution in [0.25, 0.3) is 0 Å². The molecule has 2 atom stereocenters. The van der Waals surface area contributed by atoms with Crippen molar-refractivity contribution in [3.8, 4) is 11.5 Å². The molecule has 33 heavy (non-hydrogen) atoms. The molecule has 1 aliphatic rings. The number of rotatable bonds is 10. The van der Waals surface area contributed by atoms with E-state index in [9.17, 15) is 19.6 Å². The third kappa shape index (κ3) is 7.33. The van der Waals surface area contributed by atoms with Crippen LogP contribution in [0.3, 0.4) is 0 Å². The van der Waals surface area contributed by atoms with Crippen LogP contribution in [0.2, 0.25) is 0 Å². The van der Waals surface area contributed by atoms with E-state index in [-0.39, 0.29) is 24.8 Å². The second-order valence-corrected chi connectivity index (χ2v) is 8.24. The number of benzene rings is 2. The predicted molar refractivity (Wildman–Crippen MR) is 124 cm³/mol. The number of hydrogen-bond donors (Lipinski definition) is 4. The molecule has 174 valence electrons. The molecule has 9 nitrogen and oxygen atoms in total. The van der Waals surface area contributed by atoms with Gasteiger partial charge in [-0.15, -0.1) is 0 Å². The van der Waals surface area contributed by atoms with E-state index in [0.29, 0.717) is 29.2 Å². The van der Waals surface area contributed by atoms with Crippen molar-refractivity contribution in [2.45, 2.75) is 38.7 Å². The molecule has 3 rings (SSSR count). The Labute approximate surface area is 192 Å². The zero-order valence-corrected chi connectivity index (χ0v) is 18.6. The molecule has 1 aliphatic heterocycles. The summed E-state index contributed by atoms with van der Waals surface area (Å²) in [5.74, 6) is -0.222. The van der Waals surface area contributed by atoms with Crippen LogP contribution < -0.4 is 15.4 Å². The summed E-state index contributed by atoms with van der Waals surface area (Å²) < 4.78 is 5.76. The van der Waals surface area contributed by atoms with Crippen LogP contribution in [0.5, 0.6) is 11.5 Å². The van der Waals surface area contributed by atoms with Crippen molar-refractivity contribution in [3.05, 3.63) is 60.2 Å². The highest BCUT2D eigenvalue weighted by Gasteiger charge is 2.33. The fraction of sp³-hybridized carbons (Fsp3) is 0.348. The van der Waals surface area contributed by atoms with Crippen LogP contribution in [0.4, 0.5) is 0 Å². The van der Waals surface area contributed by atoms with E-state index in [2.05, 4.69) is 15.8 Å². The molecule has 1 heterocycles. The summed E-state index contributed by atoms with van der Waals surface area (Å²) in [6.07, 6.45) is -0.278. The molecular weight excluding hydrogens is 425 g/mol. The number of nitrogens with one attached hydrogen (secondary N) is 2. The molecule has 4 N–H and O–H groups in total. The van der Waals surface area contributed by atoms with Gasteiger partial charge < -0.3 is 30.3 Å². The Morgan fingerprint density at radius 2 is 1.88 bits per heavy atom. The molecule has 0 aromatic heterocycles. The van der Waals surface area contributed by atoms with Gasteiger partial charge in [-0.3, -0.25) is 9.59 Å². The summed E-state index contributed by atoms with van der Waals surface area (Å²) in [6, 6.07) is 16.1. The normalized spacial score (nSPS) is 15.9. The van der Waals surface area contributed by atoms with E-state index < -0.39 is 25.1 Å². The maximum atomic E-state index is 12.5. The third-order valence-corrected chi connectivity index (χ3v) is 4.96. The fourth-order valence-electron chi connectivity index (χ4n) is 3.32. The van der Waals surface area contributed by atoms with Gasteiger partial charge in [0.1, 0.15) is 11.5 Å². The third-order valence-electron chi connectivity index (χ3n) is 4.96. The van der Waals surface area contributed by atoms with Gasteiger partial charge in [-0.2, -0.15) is 0 Å². The minimum atomic E-state index is -1.67. The van der Waals surface area contributed by atoms with Crippen molar-refractivity contribution in [2.75, 3.05) is 6.54 Å². The number of carbonyl (C=O) groups excluding carboxylic acids is 2. The maximum Gasteiger partial charge on any atom is 0.475 e. The van der Waals surface area contributed by atoms with Gasteiger partial charge in [-0.25, -0.2) is 0 Å². The monoisotopic (exact) mass is 453 g/mol. The number of para-hydroxylation sites is 1. The lowest BCUT2D eigenvalue weighted by Gasteiger charge is -2.20. The van der Waals surface area contributed by atoms with Gasteiger partial charge in [-0.1, -0.05) is 43.3 Å². The quantitative estimate of drug-likeness (QED) is 0.407. The van der Waals surface area contributed by atoms with E-state index in [1.54, 1.807) is 24.3 Å². The van der Waals surface area contributed by atoms with Gasteiger partial charge in [0.05, 0.1) is 18.2 Å². The molecule has 2 unspecified atom stereocenters. The molecule has 2 aromatic carbocycles. The smallest absolute Gasteiger partial charge is 0.457 e. The Morgan fingerprint density at radius 1 is 1.15 bits per heavy atom. The van der Waals surface area contributed by atoms with Gasteiger partial charge in [-0.05, 0) is 42.7 Å². The second-order valence-electron chi connectivity index (χ2n) is 8.24. The first-order valence-electron chi connectivity index (χ1n) is 10.8. The maximum absolute atomic E-state index is 12.5. The molecule has 0 aliphatic carbocycles. The zero-order valence-electron chi connectivity index (χ0n) is 18.6. The van der Waals surface area contributed by atoms with Crippen LogP contribution in [-0.2, 0) is 9.63 Å². The largest absolute Gasteiger partial charge is 0.475 e. The van der Waals surface area contributed by atoms with Crippen molar-refractivity contribution in [1.29, 1.82) is 0 Å². The molecule has 0 spiro atoms. The standard InChI is InChI=1S/C23H28BN3O6/c1-15(2)11-21(24(30)31)26-23(29)20-13-17(27-33-20)14-25-22(28)16-7-6-10-19(12-16)32-18-8-4-3-5-9-18/h3-10,12,15,20-21,30-31H,11,13-14H2,1-2H3,(H,25,28)(H,26,29). The molecule has 0 saturated heterocycles. The Morgan fingerprint density at radius 3 is 2.58 bits per heavy atom. The van der Waals surface area contributed by atoms with Crippen LogP contribution in [0.15, 0.2) is 59.8 Å². The fourth-order valence-corrected chi connectivity index (χ4v) is 3.32. The number of ether oxygens (including phenoxy) is 1. The Kier molecular flexibility index (Phi) is 8.45. The summed E-state index contributed by atoms with van der Waals surface area (Å²) in [7, 11) is -1.67. The highest BCUT2D eigenvalue weighted by atomic mass is 16.6. The summed E-state index contributed by atoms with van der Waals surface area (Å²) in [5, 5.41) is 28.2. The first-order chi connectivity index (χ1) is 15.8. The Hall–Kier alpha value is -3.37. The second kappa shape index (κ2) is 11.5. The summed E-state index contributed by atoms with van der Waals surface area (Å²) >= 11 is 0. The van der Waals surface area contributed by atoms with Gasteiger partial charge in [0.25, 0.3) is 11.8 Å². The van der Waals surface area contributed by atoms with E-state index in [1.165, 1.54) is 0 Å². The number of nitrogens with zero attached hydrogens (tertiary/aromatic N) is 1. The average Bonchev–Trinajstić information content (AvgIpc) is 3.27. The molecular formula is C23H28BN3O6. The van der Waals surface area contributed by atoms with E-state index >= 15 is 0 Å². The van der Waals surface area contributed by atoms with Crippen LogP contribution in [0.1, 0.15) is 37.0 Å². The van der Waals surface area contributed by atoms with Crippen molar-refractivity contribution >= 4 is 24.6 Å². The van der Waals surface area contributed by atoms with Gasteiger partial charge in [0.15, 0.2) is 0 Å². The van der Waals surface area contributed by atoms with E-state index in [4.69, 9.17) is 9.57 Å². The first-order valence-corrected chi connectivity index (χ1v) is 10.8. The van der Waals surface area contributed by atoms with Crippen LogP contribution in [-0.4, -0.2) is 53.3 Å². The highest BCUT2D eigenvalue weighted by Crippen LogP contribution is 2.22. The van der Waals surface area contributed by atoms with Crippen LogP contribution in [0, 0.1) is 5.92 Å². The van der Waals surface area contributed by atoms with Gasteiger partial charge >= 0.3 is 7.12 Å². The Balaban J connectivity index is 1.48. The molecule has 2 amide bonds. The predicted octanol–water partition coefficient (Wildman–Crippen LogP) is 1.90. The van der Waals surface area contributed by atoms with Gasteiger partial charge in [0, 0.05) is 12.0 Å². The lowest BCUT2D eigenvalue weighted by atomic mass is 9.75. The number of carbonyl (C=O) groups is 2. The van der Waals surface area contributed by atoms with Crippen molar-refractivity contribution in [1.82, 2.24) is 10.6 Å². The molecule has 10 heteroatoms. The minimum Gasteiger partial charge on any atom is -0.457 e. The lowest BCUT2D eigenvalue weighted by molar-refractivity contribution is -0.131. The van der Waals surface area contributed by atoms with Gasteiger partial charge in [0.2, 0.25) is 6.10 Å². The van der Waals surface area contributed by atoms with Crippen molar-refractivity contribution < 1.29 is 29.2 Å². The molecule has 0 radical (unpaired) electrons. The molecule has 0 fully saturated rings. The SMILES string of the molecule is CC(C)CC(NC(=O)C1CC(CNC(=O)c2cccc(Oc3ccccc3)c2)=NO1)B(O)O. The summed E-state index contributed by atoms with van der Waals surface area (Å²) in [4.78, 5) is 30.1. The molecule has 0 saturated carbocycles. The van der Waals surface area contributed by atoms with E-state index in [0.717, 1.165) is 0 Å². The lowest BCUT2D eigenvalue weighted by Crippen LogP contribution is -2.50. The summed E-state index contributed by atoms with van der Waals surface area (Å²) in [5.41, 5.74) is 0.927. The van der Waals surface area contributed by atoms with Crippen molar-refractivity contribution in [3.63, 3.8) is 0 Å². The summed E-state index contributed by atoms with van der Waals surface area (Å²) in [6.45, 7) is 3.95. The van der Waals surface area contributed by atoms with Crippen molar-refractivity contribution in [2.24, 2.45) is 11.1 Å². The van der Waals surface area contributed by atoms with Crippen LogP contribution >= 0.6 is 0 Å². The number of amides is 2.